The van der Waals surface area contributed by atoms with E-state index in [0.717, 1.165) is 86.2 Å². The van der Waals surface area contributed by atoms with Crippen LogP contribution in [-0.4, -0.2) is 36.1 Å². The van der Waals surface area contributed by atoms with Crippen molar-refractivity contribution in [3.05, 3.63) is 206 Å². The molecule has 306 valence electrons. The van der Waals surface area contributed by atoms with Crippen molar-refractivity contribution >= 4 is 46.6 Å². The summed E-state index contributed by atoms with van der Waals surface area (Å²) in [5.74, 6) is -0.210. The maximum absolute atomic E-state index is 11.7. The van der Waals surface area contributed by atoms with Crippen LogP contribution in [0, 0.1) is 0 Å². The van der Waals surface area contributed by atoms with Gasteiger partial charge in [-0.1, -0.05) is 97.1 Å². The standard InChI is InChI=1S/C54H46N4O4/c1-61-54(60)35-18-41-16-27-49(28-17-41)58(47-12-6-3-7-13-47)51-31-21-43(22-32-51)45-24-34-53(56-38-45)52-33-23-44(37-55-52)42-19-29-50(30-20-42)57(46-10-4-2-5-11-46)48-25-14-40(15-26-48)9-8-36-62-39-59/h2-7,10-17,19-34,37-39H,8-9,18,35-36H2,1H3. The smallest absolute Gasteiger partial charge is 0.305 e. The SMILES string of the molecule is COC(=O)CCc1ccc(N(c2ccccc2)c2ccc(-c3ccc(-c4ccc(-c5ccc(N(c6ccccc6)c6ccc(CCCOC=O)cc6)cc5)cn4)nc3)cc2)cc1. The molecule has 0 spiro atoms. The molecule has 8 rings (SSSR count). The molecule has 8 aromatic rings. The molecule has 0 aliphatic heterocycles. The van der Waals surface area contributed by atoms with E-state index in [-0.39, 0.29) is 5.97 Å². The molecule has 0 radical (unpaired) electrons. The summed E-state index contributed by atoms with van der Waals surface area (Å²) in [6, 6.07) is 62.7. The van der Waals surface area contributed by atoms with Crippen LogP contribution in [0.5, 0.6) is 0 Å². The molecular formula is C54H46N4O4. The summed E-state index contributed by atoms with van der Waals surface area (Å²) in [6.45, 7) is 0.920. The van der Waals surface area contributed by atoms with E-state index in [1.165, 1.54) is 12.7 Å². The van der Waals surface area contributed by atoms with Gasteiger partial charge < -0.3 is 19.3 Å². The first kappa shape index (κ1) is 40.9. The van der Waals surface area contributed by atoms with Crippen LogP contribution in [0.2, 0.25) is 0 Å². The van der Waals surface area contributed by atoms with Crippen LogP contribution in [-0.2, 0) is 31.9 Å². The summed E-state index contributed by atoms with van der Waals surface area (Å²) >= 11 is 0. The number of esters is 1. The molecule has 0 unspecified atom stereocenters. The van der Waals surface area contributed by atoms with Crippen molar-refractivity contribution in [1.29, 1.82) is 0 Å². The number of hydrogen-bond acceptors (Lipinski definition) is 8. The lowest BCUT2D eigenvalue weighted by atomic mass is 10.0. The summed E-state index contributed by atoms with van der Waals surface area (Å²) in [5, 5.41) is 0. The molecule has 0 saturated carbocycles. The number of ether oxygens (including phenoxy) is 2. The molecule has 0 aliphatic carbocycles. The number of hydrogen-bond donors (Lipinski definition) is 0. The molecule has 6 aromatic carbocycles. The van der Waals surface area contributed by atoms with Gasteiger partial charge in [0.05, 0.1) is 25.1 Å². The summed E-state index contributed by atoms with van der Waals surface area (Å²) in [4.78, 5) is 36.2. The van der Waals surface area contributed by atoms with Gasteiger partial charge in [0.1, 0.15) is 0 Å². The number of aromatic nitrogens is 2. The Morgan fingerprint density at radius 1 is 0.484 bits per heavy atom. The van der Waals surface area contributed by atoms with E-state index in [1.54, 1.807) is 0 Å². The van der Waals surface area contributed by atoms with Crippen molar-refractivity contribution in [2.45, 2.75) is 25.7 Å². The molecule has 0 fully saturated rings. The Hall–Kier alpha value is -7.84. The molecule has 0 atom stereocenters. The van der Waals surface area contributed by atoms with E-state index in [0.29, 0.717) is 25.9 Å². The topological polar surface area (TPSA) is 84.9 Å². The highest BCUT2D eigenvalue weighted by atomic mass is 16.5. The van der Waals surface area contributed by atoms with Crippen LogP contribution in [0.3, 0.4) is 0 Å². The van der Waals surface area contributed by atoms with Crippen LogP contribution in [0.25, 0.3) is 33.6 Å². The second kappa shape index (κ2) is 19.9. The lowest BCUT2D eigenvalue weighted by Crippen LogP contribution is -2.10. The number of benzene rings is 6. The molecule has 2 aromatic heterocycles. The number of anilines is 6. The molecule has 8 heteroatoms. The maximum atomic E-state index is 11.7. The van der Waals surface area contributed by atoms with Crippen LogP contribution in [0.15, 0.2) is 194 Å². The fourth-order valence-corrected chi connectivity index (χ4v) is 7.47. The van der Waals surface area contributed by atoms with Gasteiger partial charge >= 0.3 is 5.97 Å². The van der Waals surface area contributed by atoms with Crippen molar-refractivity contribution in [3.8, 4) is 33.6 Å². The number of carbonyl (C=O) groups excluding carboxylic acids is 2. The van der Waals surface area contributed by atoms with E-state index in [9.17, 15) is 9.59 Å². The lowest BCUT2D eigenvalue weighted by Gasteiger charge is -2.26. The zero-order chi connectivity index (χ0) is 42.5. The lowest BCUT2D eigenvalue weighted by molar-refractivity contribution is -0.140. The van der Waals surface area contributed by atoms with Gasteiger partial charge in [-0.25, -0.2) is 0 Å². The minimum Gasteiger partial charge on any atom is -0.469 e. The molecule has 0 aliphatic rings. The van der Waals surface area contributed by atoms with E-state index in [4.69, 9.17) is 19.4 Å². The average Bonchev–Trinajstić information content (AvgIpc) is 3.34. The van der Waals surface area contributed by atoms with Crippen molar-refractivity contribution in [2.24, 2.45) is 0 Å². The Bertz CT molecular complexity index is 2660. The molecule has 8 nitrogen and oxygen atoms in total. The Kier molecular flexibility index (Phi) is 13.2. The summed E-state index contributed by atoms with van der Waals surface area (Å²) in [6.07, 6.45) is 6.42. The molecule has 0 saturated heterocycles. The zero-order valence-electron chi connectivity index (χ0n) is 34.5. The highest BCUT2D eigenvalue weighted by Crippen LogP contribution is 2.37. The normalized spacial score (nSPS) is 10.8. The Morgan fingerprint density at radius 3 is 1.26 bits per heavy atom. The maximum Gasteiger partial charge on any atom is 0.305 e. The number of pyridine rings is 2. The molecule has 0 bridgehead atoms. The number of rotatable bonds is 17. The molecule has 62 heavy (non-hydrogen) atoms. The third-order valence-electron chi connectivity index (χ3n) is 10.8. The minimum absolute atomic E-state index is 0.210. The second-order valence-corrected chi connectivity index (χ2v) is 14.8. The van der Waals surface area contributed by atoms with Gasteiger partial charge in [-0.2, -0.15) is 0 Å². The van der Waals surface area contributed by atoms with Gasteiger partial charge in [-0.05, 0) is 126 Å². The summed E-state index contributed by atoms with van der Waals surface area (Å²) < 4.78 is 9.66. The van der Waals surface area contributed by atoms with Gasteiger partial charge in [0, 0.05) is 64.1 Å². The molecular weight excluding hydrogens is 769 g/mol. The first-order valence-electron chi connectivity index (χ1n) is 20.7. The van der Waals surface area contributed by atoms with E-state index >= 15 is 0 Å². The van der Waals surface area contributed by atoms with Gasteiger partial charge in [-0.15, -0.1) is 0 Å². The number of carbonyl (C=O) groups is 2. The number of methoxy groups -OCH3 is 1. The summed E-state index contributed by atoms with van der Waals surface area (Å²) in [5.41, 5.74) is 14.3. The zero-order valence-corrected chi connectivity index (χ0v) is 34.5. The Labute approximate surface area is 362 Å². The van der Waals surface area contributed by atoms with Gasteiger partial charge in [0.15, 0.2) is 0 Å². The predicted octanol–water partition coefficient (Wildman–Crippen LogP) is 12.6. The molecule has 2 heterocycles. The molecule has 0 N–H and O–H groups in total. The number of aryl methyl sites for hydroxylation is 2. The number of nitrogens with zero attached hydrogens (tertiary/aromatic N) is 4. The van der Waals surface area contributed by atoms with Crippen LogP contribution in [0.4, 0.5) is 34.1 Å². The third kappa shape index (κ3) is 9.95. The fourth-order valence-electron chi connectivity index (χ4n) is 7.47. The average molecular weight is 815 g/mol. The first-order chi connectivity index (χ1) is 30.6. The van der Waals surface area contributed by atoms with Gasteiger partial charge in [-0.3, -0.25) is 19.6 Å². The van der Waals surface area contributed by atoms with E-state index in [2.05, 4.69) is 143 Å². The molecule has 0 amide bonds. The second-order valence-electron chi connectivity index (χ2n) is 14.8. The van der Waals surface area contributed by atoms with Crippen molar-refractivity contribution in [2.75, 3.05) is 23.5 Å². The van der Waals surface area contributed by atoms with Gasteiger partial charge in [0.25, 0.3) is 6.47 Å². The quantitative estimate of drug-likeness (QED) is 0.0510. The Morgan fingerprint density at radius 2 is 0.871 bits per heavy atom. The summed E-state index contributed by atoms with van der Waals surface area (Å²) in [7, 11) is 1.42. The van der Waals surface area contributed by atoms with Crippen molar-refractivity contribution in [1.82, 2.24) is 9.97 Å². The highest BCUT2D eigenvalue weighted by Gasteiger charge is 2.15. The minimum atomic E-state index is -0.210. The Balaban J connectivity index is 0.946. The van der Waals surface area contributed by atoms with Crippen molar-refractivity contribution < 1.29 is 19.1 Å². The third-order valence-corrected chi connectivity index (χ3v) is 10.8. The predicted molar refractivity (Wildman–Crippen MR) is 248 cm³/mol. The largest absolute Gasteiger partial charge is 0.469 e. The van der Waals surface area contributed by atoms with Crippen LogP contribution < -0.4 is 9.80 Å². The first-order valence-corrected chi connectivity index (χ1v) is 20.7. The number of para-hydroxylation sites is 2. The van der Waals surface area contributed by atoms with Crippen molar-refractivity contribution in [3.63, 3.8) is 0 Å². The van der Waals surface area contributed by atoms with E-state index < -0.39 is 0 Å². The van der Waals surface area contributed by atoms with E-state index in [1.807, 2.05) is 60.9 Å². The van der Waals surface area contributed by atoms with Crippen LogP contribution in [0.1, 0.15) is 24.0 Å². The monoisotopic (exact) mass is 814 g/mol. The van der Waals surface area contributed by atoms with Gasteiger partial charge in [0.2, 0.25) is 0 Å². The fraction of sp³-hybridized carbons (Fsp3) is 0.111. The highest BCUT2D eigenvalue weighted by molar-refractivity contribution is 5.80. The van der Waals surface area contributed by atoms with Crippen LogP contribution >= 0.6 is 0 Å².